The van der Waals surface area contributed by atoms with Crippen LogP contribution in [0.25, 0.3) is 0 Å². The van der Waals surface area contributed by atoms with Crippen molar-refractivity contribution in [3.63, 3.8) is 0 Å². The smallest absolute Gasteiger partial charge is 0.410 e. The minimum absolute atomic E-state index is 0.166. The predicted molar refractivity (Wildman–Crippen MR) is 96.4 cm³/mol. The van der Waals surface area contributed by atoms with E-state index < -0.39 is 29.6 Å². The lowest BCUT2D eigenvalue weighted by atomic mass is 9.97. The van der Waals surface area contributed by atoms with Crippen LogP contribution in [0, 0.1) is 23.2 Å². The number of nitrogens with one attached hydrogen (secondary N) is 1. The third-order valence-electron chi connectivity index (χ3n) is 4.85. The minimum atomic E-state index is -0.901. The average Bonchev–Trinajstić information content (AvgIpc) is 3.43. The van der Waals surface area contributed by atoms with E-state index in [9.17, 15) is 19.6 Å². The number of hydrogen-bond acceptors (Lipinski definition) is 6. The van der Waals surface area contributed by atoms with Crippen molar-refractivity contribution in [3.05, 3.63) is 0 Å². The van der Waals surface area contributed by atoms with Crippen LogP contribution in [0.5, 0.6) is 0 Å². The lowest BCUT2D eigenvalue weighted by molar-refractivity contribution is -0.154. The third kappa shape index (κ3) is 6.12. The van der Waals surface area contributed by atoms with Gasteiger partial charge in [-0.2, -0.15) is 5.26 Å². The molecule has 2 fully saturated rings. The molecule has 1 atom stereocenters. The molecule has 1 heterocycles. The quantitative estimate of drug-likeness (QED) is 0.732. The molecule has 1 saturated carbocycles. The van der Waals surface area contributed by atoms with Crippen LogP contribution in [0.2, 0.25) is 0 Å². The SMILES string of the molecule is CC(C)(C)OC(=O)N1CCC(C(=O)OCC(=O)N[C@@](C)(C#N)C2CC2)CC1. The average molecular weight is 379 g/mol. The second-order valence-corrected chi connectivity index (χ2v) is 8.49. The van der Waals surface area contributed by atoms with Crippen LogP contribution in [-0.4, -0.2) is 53.7 Å². The molecule has 8 heteroatoms. The Bertz CT molecular complexity index is 624. The van der Waals surface area contributed by atoms with Crippen LogP contribution >= 0.6 is 0 Å². The third-order valence-corrected chi connectivity index (χ3v) is 4.85. The number of ether oxygens (including phenoxy) is 2. The van der Waals surface area contributed by atoms with Gasteiger partial charge in [-0.3, -0.25) is 9.59 Å². The molecule has 8 nitrogen and oxygen atoms in total. The van der Waals surface area contributed by atoms with E-state index in [4.69, 9.17) is 9.47 Å². The van der Waals surface area contributed by atoms with Crippen LogP contribution in [0.15, 0.2) is 0 Å². The molecule has 0 bridgehead atoms. The molecule has 0 aromatic carbocycles. The first kappa shape index (κ1) is 21.0. The highest BCUT2D eigenvalue weighted by Crippen LogP contribution is 2.39. The van der Waals surface area contributed by atoms with E-state index in [0.717, 1.165) is 12.8 Å². The van der Waals surface area contributed by atoms with Crippen LogP contribution in [0.1, 0.15) is 53.4 Å². The maximum atomic E-state index is 12.2. The molecule has 2 rings (SSSR count). The second kappa shape index (κ2) is 8.15. The zero-order valence-electron chi connectivity index (χ0n) is 16.5. The highest BCUT2D eigenvalue weighted by Gasteiger charge is 2.43. The molecule has 1 aliphatic heterocycles. The summed E-state index contributed by atoms with van der Waals surface area (Å²) in [4.78, 5) is 37.8. The molecule has 2 aliphatic rings. The fraction of sp³-hybridized carbons (Fsp3) is 0.789. The van der Waals surface area contributed by atoms with E-state index in [-0.39, 0.29) is 17.9 Å². The van der Waals surface area contributed by atoms with Crippen LogP contribution in [-0.2, 0) is 19.1 Å². The standard InChI is InChI=1S/C19H29N3O5/c1-18(2,3)27-17(25)22-9-7-13(8-10-22)16(24)26-11-15(23)21-19(4,12-20)14-5-6-14/h13-14H,5-11H2,1-4H3,(H,21,23)/t19-/m0/s1. The molecule has 0 aromatic rings. The molecule has 150 valence electrons. The van der Waals surface area contributed by atoms with E-state index in [1.165, 1.54) is 0 Å². The van der Waals surface area contributed by atoms with Gasteiger partial charge in [0.25, 0.3) is 5.91 Å². The molecule has 0 radical (unpaired) electrons. The van der Waals surface area contributed by atoms with Crippen molar-refractivity contribution in [2.75, 3.05) is 19.7 Å². The van der Waals surface area contributed by atoms with E-state index >= 15 is 0 Å². The van der Waals surface area contributed by atoms with E-state index in [1.54, 1.807) is 32.6 Å². The molecule has 1 N–H and O–H groups in total. The highest BCUT2D eigenvalue weighted by atomic mass is 16.6. The summed E-state index contributed by atoms with van der Waals surface area (Å²) >= 11 is 0. The Morgan fingerprint density at radius 3 is 2.19 bits per heavy atom. The number of nitrogens with zero attached hydrogens (tertiary/aromatic N) is 2. The van der Waals surface area contributed by atoms with Crippen molar-refractivity contribution in [1.29, 1.82) is 5.26 Å². The van der Waals surface area contributed by atoms with Gasteiger partial charge in [0.15, 0.2) is 6.61 Å². The number of piperidine rings is 1. The van der Waals surface area contributed by atoms with Gasteiger partial charge < -0.3 is 19.7 Å². The van der Waals surface area contributed by atoms with E-state index in [1.807, 2.05) is 0 Å². The molecule has 1 aliphatic carbocycles. The van der Waals surface area contributed by atoms with Gasteiger partial charge in [0.2, 0.25) is 0 Å². The van der Waals surface area contributed by atoms with Crippen molar-refractivity contribution < 1.29 is 23.9 Å². The lowest BCUT2D eigenvalue weighted by Gasteiger charge is -2.32. The minimum Gasteiger partial charge on any atom is -0.455 e. The summed E-state index contributed by atoms with van der Waals surface area (Å²) in [6, 6.07) is 2.13. The summed E-state index contributed by atoms with van der Waals surface area (Å²) in [5.74, 6) is -1.09. The molecule has 0 spiro atoms. The largest absolute Gasteiger partial charge is 0.455 e. The Kier molecular flexibility index (Phi) is 6.34. The summed E-state index contributed by atoms with van der Waals surface area (Å²) in [7, 11) is 0. The van der Waals surface area contributed by atoms with E-state index in [2.05, 4.69) is 11.4 Å². The Labute approximate surface area is 160 Å². The van der Waals surface area contributed by atoms with Crippen LogP contribution < -0.4 is 5.32 Å². The Morgan fingerprint density at radius 1 is 1.11 bits per heavy atom. The molecule has 1 saturated heterocycles. The topological polar surface area (TPSA) is 109 Å². The molecular weight excluding hydrogens is 350 g/mol. The van der Waals surface area contributed by atoms with Gasteiger partial charge in [0.05, 0.1) is 12.0 Å². The van der Waals surface area contributed by atoms with Crippen molar-refractivity contribution in [1.82, 2.24) is 10.2 Å². The van der Waals surface area contributed by atoms with Gasteiger partial charge in [-0.25, -0.2) is 4.79 Å². The molecular formula is C19H29N3O5. The van der Waals surface area contributed by atoms with Crippen molar-refractivity contribution >= 4 is 18.0 Å². The normalized spacial score (nSPS) is 20.2. The van der Waals surface area contributed by atoms with Crippen molar-refractivity contribution in [2.45, 2.75) is 64.5 Å². The fourth-order valence-electron chi connectivity index (χ4n) is 3.09. The van der Waals surface area contributed by atoms with E-state index in [0.29, 0.717) is 25.9 Å². The van der Waals surface area contributed by atoms with Gasteiger partial charge in [0, 0.05) is 13.1 Å². The maximum absolute atomic E-state index is 12.2. The summed E-state index contributed by atoms with van der Waals surface area (Å²) in [6.07, 6.45) is 2.39. The summed E-state index contributed by atoms with van der Waals surface area (Å²) < 4.78 is 10.4. The first-order valence-corrected chi connectivity index (χ1v) is 9.41. The fourth-order valence-corrected chi connectivity index (χ4v) is 3.09. The second-order valence-electron chi connectivity index (χ2n) is 8.49. The summed E-state index contributed by atoms with van der Waals surface area (Å²) in [6.45, 7) is 7.54. The number of rotatable bonds is 5. The van der Waals surface area contributed by atoms with Crippen molar-refractivity contribution in [3.8, 4) is 6.07 Å². The van der Waals surface area contributed by atoms with Gasteiger partial charge in [0.1, 0.15) is 11.1 Å². The number of nitriles is 1. The maximum Gasteiger partial charge on any atom is 0.410 e. The Hall–Kier alpha value is -2.30. The monoisotopic (exact) mass is 379 g/mol. The number of carbonyl (C=O) groups is 3. The lowest BCUT2D eigenvalue weighted by Crippen LogP contribution is -2.48. The molecule has 27 heavy (non-hydrogen) atoms. The summed E-state index contributed by atoms with van der Waals surface area (Å²) in [5.41, 5.74) is -1.46. The van der Waals surface area contributed by atoms with Crippen LogP contribution in [0.3, 0.4) is 0 Å². The Morgan fingerprint density at radius 2 is 1.70 bits per heavy atom. The predicted octanol–water partition coefficient (Wildman–Crippen LogP) is 1.99. The zero-order chi connectivity index (χ0) is 20.2. The Balaban J connectivity index is 1.72. The van der Waals surface area contributed by atoms with Gasteiger partial charge >= 0.3 is 12.1 Å². The highest BCUT2D eigenvalue weighted by molar-refractivity contribution is 5.82. The van der Waals surface area contributed by atoms with Crippen LogP contribution in [0.4, 0.5) is 4.79 Å². The molecule has 0 unspecified atom stereocenters. The first-order chi connectivity index (χ1) is 12.5. The number of esters is 1. The number of likely N-dealkylation sites (tertiary alicyclic amines) is 1. The number of amides is 2. The molecule has 0 aromatic heterocycles. The van der Waals surface area contributed by atoms with Gasteiger partial charge in [-0.15, -0.1) is 0 Å². The zero-order valence-corrected chi connectivity index (χ0v) is 16.5. The molecule has 2 amide bonds. The first-order valence-electron chi connectivity index (χ1n) is 9.41. The van der Waals surface area contributed by atoms with Gasteiger partial charge in [-0.1, -0.05) is 0 Å². The number of carbonyl (C=O) groups excluding carboxylic acids is 3. The van der Waals surface area contributed by atoms with Crippen molar-refractivity contribution in [2.24, 2.45) is 11.8 Å². The van der Waals surface area contributed by atoms with Gasteiger partial charge in [-0.05, 0) is 59.3 Å². The number of hydrogen-bond donors (Lipinski definition) is 1. The summed E-state index contributed by atoms with van der Waals surface area (Å²) in [5, 5.41) is 11.9.